The summed E-state index contributed by atoms with van der Waals surface area (Å²) in [6.45, 7) is 4.43. The van der Waals surface area contributed by atoms with Crippen LogP contribution in [0.4, 0.5) is 15.8 Å². The molecule has 2 heterocycles. The van der Waals surface area contributed by atoms with E-state index in [4.69, 9.17) is 4.52 Å². The average molecular weight is 411 g/mol. The van der Waals surface area contributed by atoms with E-state index in [0.29, 0.717) is 50.0 Å². The number of anilines is 1. The van der Waals surface area contributed by atoms with Gasteiger partial charge in [0.05, 0.1) is 16.7 Å². The molecule has 2 aromatic carbocycles. The molecule has 1 fully saturated rings. The molecule has 30 heavy (non-hydrogen) atoms. The Hall–Kier alpha value is -3.33. The first kappa shape index (κ1) is 20.0. The van der Waals surface area contributed by atoms with E-state index in [2.05, 4.69) is 15.0 Å². The third-order valence-corrected chi connectivity index (χ3v) is 5.31. The number of nitro groups is 1. The number of benzene rings is 2. The lowest BCUT2D eigenvalue weighted by molar-refractivity contribution is -0.385. The quantitative estimate of drug-likeness (QED) is 0.452. The molecule has 0 bridgehead atoms. The van der Waals surface area contributed by atoms with E-state index in [9.17, 15) is 14.5 Å². The fourth-order valence-corrected chi connectivity index (χ4v) is 3.75. The van der Waals surface area contributed by atoms with E-state index in [-0.39, 0.29) is 11.7 Å². The Morgan fingerprint density at radius 1 is 1.17 bits per heavy atom. The van der Waals surface area contributed by atoms with E-state index in [1.54, 1.807) is 0 Å². The Kier molecular flexibility index (Phi) is 5.71. The van der Waals surface area contributed by atoms with Crippen molar-refractivity contribution in [1.29, 1.82) is 0 Å². The largest absolute Gasteiger partial charge is 0.367 e. The number of nitrogens with zero attached hydrogens (tertiary/aromatic N) is 5. The predicted molar refractivity (Wildman–Crippen MR) is 109 cm³/mol. The Balaban J connectivity index is 1.54. The van der Waals surface area contributed by atoms with E-state index in [1.807, 2.05) is 42.2 Å². The Bertz CT molecular complexity index is 1020. The van der Waals surface area contributed by atoms with E-state index >= 15 is 0 Å². The van der Waals surface area contributed by atoms with Crippen molar-refractivity contribution in [2.45, 2.75) is 19.4 Å². The zero-order valence-corrected chi connectivity index (χ0v) is 16.6. The number of aromatic nitrogens is 2. The fraction of sp³-hybridized carbons (Fsp3) is 0.333. The number of rotatable bonds is 6. The lowest BCUT2D eigenvalue weighted by atomic mass is 10.0. The molecule has 1 aliphatic rings. The van der Waals surface area contributed by atoms with Crippen LogP contribution in [0.2, 0.25) is 0 Å². The number of piperazine rings is 1. The van der Waals surface area contributed by atoms with Gasteiger partial charge in [-0.1, -0.05) is 42.4 Å². The minimum absolute atomic E-state index is 0.178. The fourth-order valence-electron chi connectivity index (χ4n) is 3.75. The van der Waals surface area contributed by atoms with Crippen LogP contribution in [0.25, 0.3) is 0 Å². The molecule has 8 nitrogen and oxygen atoms in total. The molecule has 1 saturated heterocycles. The molecule has 0 spiro atoms. The lowest BCUT2D eigenvalue weighted by Crippen LogP contribution is -2.48. The summed E-state index contributed by atoms with van der Waals surface area (Å²) in [4.78, 5) is 18.9. The molecule has 9 heteroatoms. The van der Waals surface area contributed by atoms with Crippen molar-refractivity contribution >= 4 is 11.4 Å². The molecular weight excluding hydrogens is 389 g/mol. The zero-order chi connectivity index (χ0) is 21.1. The molecule has 0 saturated carbocycles. The normalized spacial score (nSPS) is 15.9. The summed E-state index contributed by atoms with van der Waals surface area (Å²) in [5.74, 6) is 0.632. The minimum Gasteiger partial charge on any atom is -0.367 e. The van der Waals surface area contributed by atoms with Gasteiger partial charge in [0.15, 0.2) is 11.6 Å². The van der Waals surface area contributed by atoms with Crippen molar-refractivity contribution in [3.63, 3.8) is 0 Å². The van der Waals surface area contributed by atoms with Crippen LogP contribution in [0.15, 0.2) is 53.1 Å². The average Bonchev–Trinajstić information content (AvgIpc) is 3.24. The first-order chi connectivity index (χ1) is 14.6. The molecule has 0 N–H and O–H groups in total. The van der Waals surface area contributed by atoms with Gasteiger partial charge in [-0.15, -0.1) is 0 Å². The molecule has 1 aromatic heterocycles. The first-order valence-electron chi connectivity index (χ1n) is 9.87. The highest BCUT2D eigenvalue weighted by Crippen LogP contribution is 2.31. The topological polar surface area (TPSA) is 88.5 Å². The smallest absolute Gasteiger partial charge is 0.272 e. The van der Waals surface area contributed by atoms with Crippen LogP contribution in [0, 0.1) is 15.9 Å². The summed E-state index contributed by atoms with van der Waals surface area (Å²) < 4.78 is 20.0. The minimum atomic E-state index is -0.593. The van der Waals surface area contributed by atoms with Crippen molar-refractivity contribution in [2.75, 3.05) is 31.1 Å². The molecule has 1 unspecified atom stereocenters. The Morgan fingerprint density at radius 2 is 1.90 bits per heavy atom. The molecule has 156 valence electrons. The molecule has 1 aliphatic heterocycles. The maximum absolute atomic E-state index is 14.4. The van der Waals surface area contributed by atoms with Gasteiger partial charge in [0, 0.05) is 38.7 Å². The van der Waals surface area contributed by atoms with Gasteiger partial charge in [-0.3, -0.25) is 15.0 Å². The van der Waals surface area contributed by atoms with Crippen LogP contribution in [0.3, 0.4) is 0 Å². The summed E-state index contributed by atoms with van der Waals surface area (Å²) in [7, 11) is 0. The summed E-state index contributed by atoms with van der Waals surface area (Å²) >= 11 is 0. The van der Waals surface area contributed by atoms with Gasteiger partial charge in [-0.05, 0) is 11.6 Å². The number of halogens is 1. The van der Waals surface area contributed by atoms with Gasteiger partial charge in [-0.25, -0.2) is 4.39 Å². The van der Waals surface area contributed by atoms with Crippen LogP contribution in [0.5, 0.6) is 0 Å². The van der Waals surface area contributed by atoms with Crippen LogP contribution in [-0.2, 0) is 6.42 Å². The van der Waals surface area contributed by atoms with Crippen LogP contribution in [-0.4, -0.2) is 46.1 Å². The predicted octanol–water partition coefficient (Wildman–Crippen LogP) is 3.59. The third-order valence-electron chi connectivity index (χ3n) is 5.31. The maximum atomic E-state index is 14.4. The standard InChI is InChI=1S/C21H22FN5O3/c1-2-19-23-21(30-24-19)20(15-6-4-3-5-7-15)26-12-10-25(11-13-26)18-9-8-16(27(28)29)14-17(18)22/h3-9,14,20H,2,10-13H2,1H3. The van der Waals surface area contributed by atoms with Crippen molar-refractivity contribution in [3.05, 3.63) is 81.7 Å². The number of nitro benzene ring substituents is 1. The molecule has 0 amide bonds. The Labute approximate surface area is 173 Å². The van der Waals surface area contributed by atoms with Crippen molar-refractivity contribution in [3.8, 4) is 0 Å². The highest BCUT2D eigenvalue weighted by atomic mass is 19.1. The summed E-state index contributed by atoms with van der Waals surface area (Å²) in [6, 6.07) is 13.6. The van der Waals surface area contributed by atoms with Crippen LogP contribution in [0.1, 0.15) is 30.2 Å². The molecule has 1 atom stereocenters. The van der Waals surface area contributed by atoms with Crippen molar-refractivity contribution in [1.82, 2.24) is 15.0 Å². The monoisotopic (exact) mass is 411 g/mol. The summed E-state index contributed by atoms with van der Waals surface area (Å²) in [5, 5.41) is 14.9. The lowest BCUT2D eigenvalue weighted by Gasteiger charge is -2.39. The van der Waals surface area contributed by atoms with E-state index in [0.717, 1.165) is 11.6 Å². The molecule has 0 radical (unpaired) electrons. The van der Waals surface area contributed by atoms with Crippen molar-refractivity contribution < 1.29 is 13.8 Å². The second kappa shape index (κ2) is 8.58. The molecule has 3 aromatic rings. The number of aryl methyl sites for hydroxylation is 1. The first-order valence-corrected chi connectivity index (χ1v) is 9.87. The van der Waals surface area contributed by atoms with Gasteiger partial charge < -0.3 is 9.42 Å². The number of non-ortho nitro benzene ring substituents is 1. The zero-order valence-electron chi connectivity index (χ0n) is 16.6. The second-order valence-electron chi connectivity index (χ2n) is 7.13. The van der Waals surface area contributed by atoms with Crippen LogP contribution >= 0.6 is 0 Å². The summed E-state index contributed by atoms with van der Waals surface area (Å²) in [5.41, 5.74) is 1.18. The van der Waals surface area contributed by atoms with Crippen LogP contribution < -0.4 is 4.90 Å². The van der Waals surface area contributed by atoms with Gasteiger partial charge >= 0.3 is 0 Å². The van der Waals surface area contributed by atoms with Gasteiger partial charge in [-0.2, -0.15) is 4.98 Å². The van der Waals surface area contributed by atoms with Crippen molar-refractivity contribution in [2.24, 2.45) is 0 Å². The van der Waals surface area contributed by atoms with Gasteiger partial charge in [0.25, 0.3) is 5.69 Å². The number of hydrogen-bond acceptors (Lipinski definition) is 7. The molecule has 0 aliphatic carbocycles. The number of hydrogen-bond donors (Lipinski definition) is 0. The maximum Gasteiger partial charge on any atom is 0.272 e. The molecular formula is C21H22FN5O3. The summed E-state index contributed by atoms with van der Waals surface area (Å²) in [6.07, 6.45) is 0.693. The molecule has 4 rings (SSSR count). The second-order valence-corrected chi connectivity index (χ2v) is 7.13. The third kappa shape index (κ3) is 4.02. The van der Waals surface area contributed by atoms with E-state index < -0.39 is 10.7 Å². The highest BCUT2D eigenvalue weighted by molar-refractivity contribution is 5.52. The Morgan fingerprint density at radius 3 is 2.50 bits per heavy atom. The van der Waals surface area contributed by atoms with Gasteiger partial charge in [0.2, 0.25) is 5.89 Å². The van der Waals surface area contributed by atoms with E-state index in [1.165, 1.54) is 12.1 Å². The highest BCUT2D eigenvalue weighted by Gasteiger charge is 2.31. The SMILES string of the molecule is CCc1noc(C(c2ccccc2)N2CCN(c3ccc([N+](=O)[O-])cc3F)CC2)n1. The van der Waals surface area contributed by atoms with Gasteiger partial charge in [0.1, 0.15) is 6.04 Å².